The molecule has 0 saturated carbocycles. The molecule has 3 nitrogen and oxygen atoms in total. The van der Waals surface area contributed by atoms with E-state index in [-0.39, 0.29) is 0 Å². The maximum absolute atomic E-state index is 11.6. The number of nitrogens with two attached hydrogens (primary N) is 1. The first-order chi connectivity index (χ1) is 7.45. The van der Waals surface area contributed by atoms with Gasteiger partial charge in [0.25, 0.3) is 0 Å². The van der Waals surface area contributed by atoms with Crippen molar-refractivity contribution in [1.29, 1.82) is 0 Å². The van der Waals surface area contributed by atoms with Gasteiger partial charge >= 0.3 is 0 Å². The van der Waals surface area contributed by atoms with Crippen LogP contribution in [0.2, 0.25) is 0 Å². The number of unbranched alkanes of at least 4 members (excludes halogenated alkanes) is 1. The molecule has 2 N–H and O–H groups in total. The molecule has 0 spiro atoms. The van der Waals surface area contributed by atoms with Crippen molar-refractivity contribution >= 4 is 9.84 Å². The molecule has 0 bridgehead atoms. The van der Waals surface area contributed by atoms with Crippen LogP contribution in [0.4, 0.5) is 0 Å². The summed E-state index contributed by atoms with van der Waals surface area (Å²) in [6.45, 7) is 2.55. The van der Waals surface area contributed by atoms with Crippen molar-refractivity contribution in [2.24, 2.45) is 5.73 Å². The highest BCUT2D eigenvalue weighted by Gasteiger charge is 2.12. The lowest BCUT2D eigenvalue weighted by atomic mass is 10.1. The summed E-state index contributed by atoms with van der Waals surface area (Å²) in [6, 6.07) is 5.60. The molecule has 0 aromatic heterocycles. The van der Waals surface area contributed by atoms with Crippen LogP contribution in [0, 0.1) is 6.92 Å². The molecule has 0 fully saturated rings. The summed E-state index contributed by atoms with van der Waals surface area (Å²) >= 11 is 0. The summed E-state index contributed by atoms with van der Waals surface area (Å²) in [5.74, 6) is 0. The van der Waals surface area contributed by atoms with Gasteiger partial charge in [0.1, 0.15) is 0 Å². The fourth-order valence-corrected chi connectivity index (χ4v) is 2.72. The van der Waals surface area contributed by atoms with Crippen LogP contribution < -0.4 is 5.73 Å². The molecular formula is C12H19NO2S. The zero-order valence-corrected chi connectivity index (χ0v) is 10.7. The smallest absolute Gasteiger partial charge is 0.175 e. The summed E-state index contributed by atoms with van der Waals surface area (Å²) in [7, 11) is -3.12. The predicted molar refractivity (Wildman–Crippen MR) is 66.3 cm³/mol. The Morgan fingerprint density at radius 3 is 2.50 bits per heavy atom. The van der Waals surface area contributed by atoms with Crippen molar-refractivity contribution in [3.05, 3.63) is 29.3 Å². The van der Waals surface area contributed by atoms with Crippen molar-refractivity contribution < 1.29 is 8.42 Å². The maximum Gasteiger partial charge on any atom is 0.175 e. The minimum Gasteiger partial charge on any atom is -0.330 e. The van der Waals surface area contributed by atoms with Crippen molar-refractivity contribution in [2.45, 2.75) is 31.1 Å². The highest BCUT2D eigenvalue weighted by molar-refractivity contribution is 7.90. The van der Waals surface area contributed by atoms with Crippen LogP contribution in [0.5, 0.6) is 0 Å². The number of rotatable bonds is 5. The molecule has 0 aliphatic carbocycles. The van der Waals surface area contributed by atoms with Crippen LogP contribution in [-0.2, 0) is 16.3 Å². The average Bonchev–Trinajstić information content (AvgIpc) is 2.19. The SMILES string of the molecule is Cc1ccc(CCCCN)c(S(C)(=O)=O)c1. The molecule has 16 heavy (non-hydrogen) atoms. The number of benzene rings is 1. The molecule has 0 amide bonds. The Morgan fingerprint density at radius 1 is 1.25 bits per heavy atom. The number of hydrogen-bond donors (Lipinski definition) is 1. The van der Waals surface area contributed by atoms with Crippen molar-refractivity contribution in [3.63, 3.8) is 0 Å². The van der Waals surface area contributed by atoms with Crippen LogP contribution in [0.25, 0.3) is 0 Å². The zero-order chi connectivity index (χ0) is 12.2. The second-order valence-electron chi connectivity index (χ2n) is 4.13. The molecule has 0 heterocycles. The second kappa shape index (κ2) is 5.46. The van der Waals surface area contributed by atoms with Gasteiger partial charge < -0.3 is 5.73 Å². The quantitative estimate of drug-likeness (QED) is 0.798. The van der Waals surface area contributed by atoms with Gasteiger partial charge in [-0.1, -0.05) is 12.1 Å². The Labute approximate surface area is 97.6 Å². The first-order valence-corrected chi connectivity index (χ1v) is 7.34. The summed E-state index contributed by atoms with van der Waals surface area (Å²) in [5.41, 5.74) is 7.30. The normalized spacial score (nSPS) is 11.7. The number of sulfone groups is 1. The van der Waals surface area contributed by atoms with E-state index < -0.39 is 9.84 Å². The van der Waals surface area contributed by atoms with E-state index >= 15 is 0 Å². The molecule has 1 aromatic rings. The lowest BCUT2D eigenvalue weighted by Crippen LogP contribution is -2.04. The van der Waals surface area contributed by atoms with Gasteiger partial charge in [0.05, 0.1) is 4.90 Å². The molecule has 1 rings (SSSR count). The van der Waals surface area contributed by atoms with Gasteiger partial charge in [-0.2, -0.15) is 0 Å². The van der Waals surface area contributed by atoms with Gasteiger partial charge in [0.15, 0.2) is 9.84 Å². The molecule has 90 valence electrons. The first kappa shape index (κ1) is 13.2. The number of aryl methyl sites for hydroxylation is 2. The molecule has 0 radical (unpaired) electrons. The number of hydrogen-bond acceptors (Lipinski definition) is 3. The third-order valence-corrected chi connectivity index (χ3v) is 3.70. The topological polar surface area (TPSA) is 60.2 Å². The highest BCUT2D eigenvalue weighted by atomic mass is 32.2. The monoisotopic (exact) mass is 241 g/mol. The molecule has 0 atom stereocenters. The molecule has 0 aliphatic heterocycles. The molecule has 0 unspecified atom stereocenters. The Balaban J connectivity index is 2.99. The lowest BCUT2D eigenvalue weighted by molar-refractivity contribution is 0.600. The minimum atomic E-state index is -3.12. The maximum atomic E-state index is 11.6. The van der Waals surface area contributed by atoms with Gasteiger partial charge in [-0.15, -0.1) is 0 Å². The van der Waals surface area contributed by atoms with E-state index in [0.29, 0.717) is 11.4 Å². The van der Waals surface area contributed by atoms with Crippen LogP contribution in [-0.4, -0.2) is 21.2 Å². The third kappa shape index (κ3) is 3.61. The standard InChI is InChI=1S/C12H19NO2S/c1-10-6-7-11(5-3-4-8-13)12(9-10)16(2,14)15/h6-7,9H,3-5,8,13H2,1-2H3. The van der Waals surface area contributed by atoms with Gasteiger partial charge in [-0.25, -0.2) is 8.42 Å². The largest absolute Gasteiger partial charge is 0.330 e. The van der Waals surface area contributed by atoms with Crippen LogP contribution in [0.1, 0.15) is 24.0 Å². The Morgan fingerprint density at radius 2 is 1.94 bits per heavy atom. The zero-order valence-electron chi connectivity index (χ0n) is 9.86. The van der Waals surface area contributed by atoms with Crippen molar-refractivity contribution in [2.75, 3.05) is 12.8 Å². The summed E-state index contributed by atoms with van der Waals surface area (Å²) in [6.07, 6.45) is 3.90. The van der Waals surface area contributed by atoms with E-state index in [1.807, 2.05) is 19.1 Å². The third-order valence-electron chi connectivity index (χ3n) is 2.52. The van der Waals surface area contributed by atoms with Crippen molar-refractivity contribution in [3.8, 4) is 0 Å². The van der Waals surface area contributed by atoms with Crippen molar-refractivity contribution in [1.82, 2.24) is 0 Å². The van der Waals surface area contributed by atoms with Gasteiger partial charge in [-0.3, -0.25) is 0 Å². The van der Waals surface area contributed by atoms with Gasteiger partial charge in [0.2, 0.25) is 0 Å². The molecule has 0 aliphatic rings. The van der Waals surface area contributed by atoms with E-state index in [1.54, 1.807) is 6.07 Å². The summed E-state index contributed by atoms with van der Waals surface area (Å²) in [5, 5.41) is 0. The van der Waals surface area contributed by atoms with Crippen LogP contribution in [0.15, 0.2) is 23.1 Å². The fraction of sp³-hybridized carbons (Fsp3) is 0.500. The fourth-order valence-electron chi connectivity index (χ4n) is 1.67. The molecule has 0 saturated heterocycles. The van der Waals surface area contributed by atoms with E-state index in [4.69, 9.17) is 5.73 Å². The minimum absolute atomic E-state index is 0.463. The Hall–Kier alpha value is -0.870. The van der Waals surface area contributed by atoms with E-state index in [1.165, 1.54) is 6.26 Å². The van der Waals surface area contributed by atoms with Gasteiger partial charge in [-0.05, 0) is 49.9 Å². The summed E-state index contributed by atoms with van der Waals surface area (Å²) < 4.78 is 23.2. The average molecular weight is 241 g/mol. The van der Waals surface area contributed by atoms with E-state index in [2.05, 4.69) is 0 Å². The predicted octanol–water partition coefficient (Wildman–Crippen LogP) is 1.68. The summed E-state index contributed by atoms with van der Waals surface area (Å²) in [4.78, 5) is 0.463. The Bertz CT molecular complexity index is 452. The Kier molecular flexibility index (Phi) is 4.50. The van der Waals surface area contributed by atoms with Crippen LogP contribution >= 0.6 is 0 Å². The molecule has 4 heteroatoms. The van der Waals surface area contributed by atoms with E-state index in [0.717, 1.165) is 30.4 Å². The molecular weight excluding hydrogens is 222 g/mol. The molecule has 1 aromatic carbocycles. The van der Waals surface area contributed by atoms with Crippen LogP contribution in [0.3, 0.4) is 0 Å². The van der Waals surface area contributed by atoms with E-state index in [9.17, 15) is 8.42 Å². The lowest BCUT2D eigenvalue weighted by Gasteiger charge is -2.08. The van der Waals surface area contributed by atoms with Gasteiger partial charge in [0, 0.05) is 6.26 Å². The highest BCUT2D eigenvalue weighted by Crippen LogP contribution is 2.19. The first-order valence-electron chi connectivity index (χ1n) is 5.45. The second-order valence-corrected chi connectivity index (χ2v) is 6.11.